The Morgan fingerprint density at radius 2 is 2.38 bits per heavy atom. The molecule has 0 saturated carbocycles. The SMILES string of the molecule is CC#CCC(NC)C1CCCCO1. The van der Waals surface area contributed by atoms with Gasteiger partial charge in [-0.1, -0.05) is 0 Å². The van der Waals surface area contributed by atoms with Crippen LogP contribution in [0.5, 0.6) is 0 Å². The summed E-state index contributed by atoms with van der Waals surface area (Å²) in [5.74, 6) is 6.03. The van der Waals surface area contributed by atoms with Crippen molar-refractivity contribution in [2.24, 2.45) is 0 Å². The maximum Gasteiger partial charge on any atom is 0.0737 e. The second-order valence-corrected chi connectivity index (χ2v) is 3.43. The van der Waals surface area contributed by atoms with E-state index in [1.54, 1.807) is 0 Å². The molecule has 2 heteroatoms. The minimum atomic E-state index is 0.375. The van der Waals surface area contributed by atoms with E-state index in [1.165, 1.54) is 19.3 Å². The molecule has 1 N–H and O–H groups in total. The summed E-state index contributed by atoms with van der Waals surface area (Å²) in [4.78, 5) is 0. The molecule has 2 nitrogen and oxygen atoms in total. The molecule has 0 bridgehead atoms. The van der Waals surface area contributed by atoms with Gasteiger partial charge in [-0.2, -0.15) is 0 Å². The van der Waals surface area contributed by atoms with Gasteiger partial charge in [0.25, 0.3) is 0 Å². The summed E-state index contributed by atoms with van der Waals surface area (Å²) in [5.41, 5.74) is 0. The molecule has 0 aromatic carbocycles. The second-order valence-electron chi connectivity index (χ2n) is 3.43. The molecule has 13 heavy (non-hydrogen) atoms. The lowest BCUT2D eigenvalue weighted by Gasteiger charge is -2.29. The largest absolute Gasteiger partial charge is 0.377 e. The lowest BCUT2D eigenvalue weighted by Crippen LogP contribution is -2.40. The van der Waals surface area contributed by atoms with Crippen molar-refractivity contribution in [3.8, 4) is 11.8 Å². The van der Waals surface area contributed by atoms with Crippen LogP contribution in [0, 0.1) is 11.8 Å². The van der Waals surface area contributed by atoms with E-state index in [2.05, 4.69) is 17.2 Å². The smallest absolute Gasteiger partial charge is 0.0737 e. The summed E-state index contributed by atoms with van der Waals surface area (Å²) in [7, 11) is 1.99. The summed E-state index contributed by atoms with van der Waals surface area (Å²) in [6, 6.07) is 0.410. The van der Waals surface area contributed by atoms with Crippen LogP contribution in [0.2, 0.25) is 0 Å². The van der Waals surface area contributed by atoms with Crippen LogP contribution in [-0.2, 0) is 4.74 Å². The van der Waals surface area contributed by atoms with Gasteiger partial charge in [-0.25, -0.2) is 0 Å². The first kappa shape index (κ1) is 10.6. The van der Waals surface area contributed by atoms with Crippen molar-refractivity contribution in [2.45, 2.75) is 44.8 Å². The van der Waals surface area contributed by atoms with Crippen LogP contribution in [0.15, 0.2) is 0 Å². The minimum Gasteiger partial charge on any atom is -0.377 e. The van der Waals surface area contributed by atoms with Crippen LogP contribution >= 0.6 is 0 Å². The first-order chi connectivity index (χ1) is 6.38. The maximum atomic E-state index is 5.70. The number of rotatable bonds is 3. The van der Waals surface area contributed by atoms with Gasteiger partial charge in [-0.05, 0) is 33.2 Å². The van der Waals surface area contributed by atoms with Gasteiger partial charge >= 0.3 is 0 Å². The molecule has 0 radical (unpaired) electrons. The predicted octanol–water partition coefficient (Wildman–Crippen LogP) is 1.56. The van der Waals surface area contributed by atoms with Gasteiger partial charge in [0.05, 0.1) is 6.10 Å². The second kappa shape index (κ2) is 6.01. The Hall–Kier alpha value is -0.520. The molecular formula is C11H19NO. The Bertz CT molecular complexity index is 186. The zero-order valence-corrected chi connectivity index (χ0v) is 8.60. The molecular weight excluding hydrogens is 162 g/mol. The molecule has 2 atom stereocenters. The van der Waals surface area contributed by atoms with Crippen molar-refractivity contribution in [1.82, 2.24) is 5.32 Å². The van der Waals surface area contributed by atoms with Gasteiger partial charge in [-0.3, -0.25) is 0 Å². The van der Waals surface area contributed by atoms with Crippen molar-refractivity contribution in [3.05, 3.63) is 0 Å². The number of hydrogen-bond donors (Lipinski definition) is 1. The highest BCUT2D eigenvalue weighted by molar-refractivity contribution is 4.99. The topological polar surface area (TPSA) is 21.3 Å². The van der Waals surface area contributed by atoms with Crippen LogP contribution in [0.1, 0.15) is 32.6 Å². The highest BCUT2D eigenvalue weighted by Gasteiger charge is 2.21. The minimum absolute atomic E-state index is 0.375. The molecule has 0 aromatic heterocycles. The highest BCUT2D eigenvalue weighted by atomic mass is 16.5. The predicted molar refractivity (Wildman–Crippen MR) is 54.5 cm³/mol. The van der Waals surface area contributed by atoms with Crippen LogP contribution in [0.25, 0.3) is 0 Å². The number of likely N-dealkylation sites (N-methyl/N-ethyl adjacent to an activating group) is 1. The average Bonchev–Trinajstić information content (AvgIpc) is 2.21. The standard InChI is InChI=1S/C11H19NO/c1-3-4-7-10(12-2)11-8-5-6-9-13-11/h10-12H,5-9H2,1-2H3. The van der Waals surface area contributed by atoms with E-state index in [0.29, 0.717) is 12.1 Å². The van der Waals surface area contributed by atoms with Crippen molar-refractivity contribution in [1.29, 1.82) is 0 Å². The Labute approximate surface area is 81.0 Å². The third-order valence-corrected chi connectivity index (χ3v) is 2.53. The summed E-state index contributed by atoms with van der Waals surface area (Å²) in [5, 5.41) is 3.28. The number of ether oxygens (including phenoxy) is 1. The molecule has 0 aliphatic carbocycles. The van der Waals surface area contributed by atoms with Crippen molar-refractivity contribution in [2.75, 3.05) is 13.7 Å². The van der Waals surface area contributed by atoms with Crippen LogP contribution in [-0.4, -0.2) is 25.8 Å². The van der Waals surface area contributed by atoms with E-state index < -0.39 is 0 Å². The number of nitrogens with one attached hydrogen (secondary N) is 1. The van der Waals surface area contributed by atoms with E-state index in [9.17, 15) is 0 Å². The summed E-state index contributed by atoms with van der Waals surface area (Å²) in [6.45, 7) is 2.80. The van der Waals surface area contributed by atoms with Gasteiger partial charge in [0.2, 0.25) is 0 Å². The third-order valence-electron chi connectivity index (χ3n) is 2.53. The molecule has 0 amide bonds. The Morgan fingerprint density at radius 1 is 1.54 bits per heavy atom. The van der Waals surface area contributed by atoms with Gasteiger partial charge in [-0.15, -0.1) is 11.8 Å². The molecule has 0 aromatic rings. The molecule has 1 aliphatic heterocycles. The normalized spacial score (nSPS) is 24.6. The fourth-order valence-corrected chi connectivity index (χ4v) is 1.71. The Kier molecular flexibility index (Phi) is 4.88. The summed E-state index contributed by atoms with van der Waals surface area (Å²) >= 11 is 0. The molecule has 1 heterocycles. The van der Waals surface area contributed by atoms with Crippen molar-refractivity contribution < 1.29 is 4.74 Å². The summed E-state index contributed by atoms with van der Waals surface area (Å²) in [6.07, 6.45) is 4.96. The van der Waals surface area contributed by atoms with E-state index in [4.69, 9.17) is 4.74 Å². The van der Waals surface area contributed by atoms with E-state index in [-0.39, 0.29) is 0 Å². The van der Waals surface area contributed by atoms with E-state index in [1.807, 2.05) is 14.0 Å². The molecule has 2 unspecified atom stereocenters. The fourth-order valence-electron chi connectivity index (χ4n) is 1.71. The zero-order valence-electron chi connectivity index (χ0n) is 8.60. The van der Waals surface area contributed by atoms with Gasteiger partial charge in [0, 0.05) is 19.1 Å². The van der Waals surface area contributed by atoms with Gasteiger partial charge in [0.1, 0.15) is 0 Å². The summed E-state index contributed by atoms with van der Waals surface area (Å²) < 4.78 is 5.70. The Balaban J connectivity index is 2.37. The lowest BCUT2D eigenvalue weighted by molar-refractivity contribution is -0.00490. The van der Waals surface area contributed by atoms with Gasteiger partial charge < -0.3 is 10.1 Å². The van der Waals surface area contributed by atoms with Crippen molar-refractivity contribution in [3.63, 3.8) is 0 Å². The Morgan fingerprint density at radius 3 is 2.92 bits per heavy atom. The van der Waals surface area contributed by atoms with E-state index in [0.717, 1.165) is 13.0 Å². The van der Waals surface area contributed by atoms with Crippen LogP contribution < -0.4 is 5.32 Å². The fraction of sp³-hybridized carbons (Fsp3) is 0.818. The maximum absolute atomic E-state index is 5.70. The molecule has 1 rings (SSSR count). The quantitative estimate of drug-likeness (QED) is 0.667. The zero-order chi connectivity index (χ0) is 9.52. The van der Waals surface area contributed by atoms with Gasteiger partial charge in [0.15, 0.2) is 0 Å². The molecule has 1 saturated heterocycles. The molecule has 1 fully saturated rings. The van der Waals surface area contributed by atoms with Crippen LogP contribution in [0.3, 0.4) is 0 Å². The molecule has 1 aliphatic rings. The first-order valence-electron chi connectivity index (χ1n) is 5.07. The highest BCUT2D eigenvalue weighted by Crippen LogP contribution is 2.17. The van der Waals surface area contributed by atoms with E-state index >= 15 is 0 Å². The monoisotopic (exact) mass is 181 g/mol. The van der Waals surface area contributed by atoms with Crippen LogP contribution in [0.4, 0.5) is 0 Å². The average molecular weight is 181 g/mol. The lowest BCUT2D eigenvalue weighted by atomic mass is 10.00. The molecule has 0 spiro atoms. The third kappa shape index (κ3) is 3.38. The number of hydrogen-bond acceptors (Lipinski definition) is 2. The van der Waals surface area contributed by atoms with Crippen molar-refractivity contribution >= 4 is 0 Å². The first-order valence-corrected chi connectivity index (χ1v) is 5.07. The molecule has 74 valence electrons.